The van der Waals surface area contributed by atoms with Crippen molar-refractivity contribution in [3.05, 3.63) is 0 Å². The summed E-state index contributed by atoms with van der Waals surface area (Å²) in [5.74, 6) is 0. The van der Waals surface area contributed by atoms with Crippen molar-refractivity contribution in [2.75, 3.05) is 27.0 Å². The summed E-state index contributed by atoms with van der Waals surface area (Å²) in [6.07, 6.45) is 0.377. The van der Waals surface area contributed by atoms with Crippen molar-refractivity contribution in [2.45, 2.75) is 13.0 Å². The van der Waals surface area contributed by atoms with Gasteiger partial charge in [-0.15, -0.1) is 4.52 Å². The molecular weight excluding hydrogens is 239 g/mol. The molecule has 0 rings (SSSR count). The predicted octanol–water partition coefficient (Wildman–Crippen LogP) is 1.10. The molecule has 1 unspecified atom stereocenters. The van der Waals surface area contributed by atoms with Crippen LogP contribution >= 0.6 is 8.03 Å². The van der Waals surface area contributed by atoms with Gasteiger partial charge in [0.2, 0.25) is 10.5 Å². The van der Waals surface area contributed by atoms with Crippen LogP contribution in [0.2, 0.25) is 6.04 Å². The van der Waals surface area contributed by atoms with Gasteiger partial charge in [-0.25, -0.2) is 0 Å². The van der Waals surface area contributed by atoms with Crippen molar-refractivity contribution in [3.8, 4) is 0 Å². The molecule has 0 aromatic heterocycles. The lowest BCUT2D eigenvalue weighted by Gasteiger charge is -2.22. The summed E-state index contributed by atoms with van der Waals surface area (Å²) in [4.78, 5) is 0. The van der Waals surface area contributed by atoms with Gasteiger partial charge in [-0.3, -0.25) is 0 Å². The molecule has 0 bridgehead atoms. The fourth-order valence-corrected chi connectivity index (χ4v) is 4.75. The van der Waals surface area contributed by atoms with Crippen LogP contribution in [0.5, 0.6) is 0 Å². The molecule has 0 aliphatic carbocycles. The molecule has 5 nitrogen and oxygen atoms in total. The minimum Gasteiger partial charge on any atom is -0.415 e. The molecule has 0 aliphatic heterocycles. The van der Waals surface area contributed by atoms with E-state index in [-0.39, 0.29) is 0 Å². The molecular formula is C6H15O5PSi2+. The van der Waals surface area contributed by atoms with Gasteiger partial charge in [0.25, 0.3) is 0 Å². The van der Waals surface area contributed by atoms with Crippen LogP contribution in [0.3, 0.4) is 0 Å². The number of hydrogen-bond donors (Lipinski definition) is 0. The van der Waals surface area contributed by atoms with E-state index in [0.29, 0.717) is 18.8 Å². The summed E-state index contributed by atoms with van der Waals surface area (Å²) < 4.78 is 31.4. The Balaban J connectivity index is 3.99. The summed E-state index contributed by atoms with van der Waals surface area (Å²) in [6, 6.07) is 0.457. The molecule has 0 aromatic carbocycles. The maximum absolute atomic E-state index is 11.2. The normalized spacial score (nSPS) is 13.0. The standard InChI is InChI=1S/C6H15O5PSi2/c1-4-10-12(7)5-6-14(8-2,9-3)11-13/h4-6H2,1-3H3/q+1. The van der Waals surface area contributed by atoms with E-state index >= 15 is 0 Å². The van der Waals surface area contributed by atoms with E-state index in [1.165, 1.54) is 14.2 Å². The molecule has 0 saturated heterocycles. The Bertz CT molecular complexity index is 167. The van der Waals surface area contributed by atoms with E-state index in [1.54, 1.807) is 6.92 Å². The Morgan fingerprint density at radius 2 is 1.93 bits per heavy atom. The van der Waals surface area contributed by atoms with Gasteiger partial charge >= 0.3 is 16.8 Å². The second kappa shape index (κ2) is 7.64. The van der Waals surface area contributed by atoms with Gasteiger partial charge in [0.15, 0.2) is 6.16 Å². The van der Waals surface area contributed by atoms with Crippen LogP contribution in [0, 0.1) is 0 Å². The molecule has 0 saturated carbocycles. The largest absolute Gasteiger partial charge is 0.508 e. The van der Waals surface area contributed by atoms with Gasteiger partial charge < -0.3 is 13.0 Å². The minimum absolute atomic E-state index is 0.377. The van der Waals surface area contributed by atoms with Crippen molar-refractivity contribution >= 4 is 27.3 Å². The summed E-state index contributed by atoms with van der Waals surface area (Å²) in [6.45, 7) is 2.24. The zero-order valence-corrected chi connectivity index (χ0v) is 11.5. The lowest BCUT2D eigenvalue weighted by molar-refractivity contribution is 0.167. The van der Waals surface area contributed by atoms with Crippen molar-refractivity contribution in [2.24, 2.45) is 0 Å². The smallest absolute Gasteiger partial charge is 0.415 e. The molecule has 0 aromatic rings. The van der Waals surface area contributed by atoms with Crippen LogP contribution < -0.4 is 0 Å². The van der Waals surface area contributed by atoms with Crippen molar-refractivity contribution in [1.29, 1.82) is 0 Å². The first kappa shape index (κ1) is 14.4. The summed E-state index contributed by atoms with van der Waals surface area (Å²) >= 11 is 0. The van der Waals surface area contributed by atoms with E-state index in [2.05, 4.69) is 10.5 Å². The zero-order valence-electron chi connectivity index (χ0n) is 8.61. The first-order valence-electron chi connectivity index (χ1n) is 4.16. The molecule has 3 radical (unpaired) electrons. The molecule has 0 spiro atoms. The van der Waals surface area contributed by atoms with Crippen LogP contribution in [0.1, 0.15) is 6.92 Å². The van der Waals surface area contributed by atoms with Crippen molar-refractivity contribution in [1.82, 2.24) is 0 Å². The van der Waals surface area contributed by atoms with Gasteiger partial charge in [-0.05, 0) is 11.5 Å². The zero-order chi connectivity index (χ0) is 11.0. The Labute approximate surface area is 89.9 Å². The highest BCUT2D eigenvalue weighted by molar-refractivity contribution is 7.39. The molecule has 0 aliphatic rings. The average Bonchev–Trinajstić information content (AvgIpc) is 2.21. The molecule has 0 fully saturated rings. The Hall–Kier alpha value is 0.374. The van der Waals surface area contributed by atoms with Crippen LogP contribution in [0.4, 0.5) is 0 Å². The van der Waals surface area contributed by atoms with E-state index < -0.39 is 16.8 Å². The average molecular weight is 254 g/mol. The van der Waals surface area contributed by atoms with Crippen LogP contribution in [-0.2, 0) is 22.1 Å². The molecule has 0 heterocycles. The Morgan fingerprint density at radius 1 is 1.36 bits per heavy atom. The fraction of sp³-hybridized carbons (Fsp3) is 1.00. The van der Waals surface area contributed by atoms with Crippen LogP contribution in [0.25, 0.3) is 0 Å². The second-order valence-electron chi connectivity index (χ2n) is 2.42. The molecule has 0 N–H and O–H groups in total. The lowest BCUT2D eigenvalue weighted by Crippen LogP contribution is -2.43. The van der Waals surface area contributed by atoms with Gasteiger partial charge in [-0.1, -0.05) is 0 Å². The molecule has 81 valence electrons. The van der Waals surface area contributed by atoms with E-state index in [9.17, 15) is 4.57 Å². The number of rotatable bonds is 8. The Kier molecular flexibility index (Phi) is 7.84. The van der Waals surface area contributed by atoms with E-state index in [1.807, 2.05) is 0 Å². The van der Waals surface area contributed by atoms with Gasteiger partial charge in [0.1, 0.15) is 0 Å². The van der Waals surface area contributed by atoms with Gasteiger partial charge in [-0.2, -0.15) is 0 Å². The predicted molar refractivity (Wildman–Crippen MR) is 55.5 cm³/mol. The maximum Gasteiger partial charge on any atom is 0.508 e. The Morgan fingerprint density at radius 3 is 2.29 bits per heavy atom. The molecule has 14 heavy (non-hydrogen) atoms. The summed E-state index contributed by atoms with van der Waals surface area (Å²) in [7, 11) is 1.62. The third-order valence-electron chi connectivity index (χ3n) is 1.65. The third kappa shape index (κ3) is 4.74. The minimum atomic E-state index is -2.66. The van der Waals surface area contributed by atoms with Crippen molar-refractivity contribution in [3.63, 3.8) is 0 Å². The van der Waals surface area contributed by atoms with Crippen LogP contribution in [-0.4, -0.2) is 46.3 Å². The second-order valence-corrected chi connectivity index (χ2v) is 7.29. The van der Waals surface area contributed by atoms with E-state index in [0.717, 1.165) is 0 Å². The first-order chi connectivity index (χ1) is 6.64. The SMILES string of the molecule is CCO[P+](=O)CC[Si](OC)(OC)O[Si]. The first-order valence-corrected chi connectivity index (χ1v) is 7.87. The summed E-state index contributed by atoms with van der Waals surface area (Å²) in [5, 5.41) is 0. The molecule has 1 atom stereocenters. The maximum atomic E-state index is 11.2. The lowest BCUT2D eigenvalue weighted by atomic mass is 10.9. The number of hydrogen-bond acceptors (Lipinski definition) is 5. The summed E-state index contributed by atoms with van der Waals surface area (Å²) in [5.41, 5.74) is 0. The molecule has 0 amide bonds. The van der Waals surface area contributed by atoms with Gasteiger partial charge in [0, 0.05) is 14.2 Å². The topological polar surface area (TPSA) is 54.0 Å². The quantitative estimate of drug-likeness (QED) is 0.479. The highest BCUT2D eigenvalue weighted by Gasteiger charge is 2.40. The highest BCUT2D eigenvalue weighted by atomic mass is 31.1. The monoisotopic (exact) mass is 254 g/mol. The van der Waals surface area contributed by atoms with Crippen molar-refractivity contribution < 1.29 is 22.1 Å². The van der Waals surface area contributed by atoms with Gasteiger partial charge in [0.05, 0.1) is 12.7 Å². The molecule has 8 heteroatoms. The van der Waals surface area contributed by atoms with E-state index in [4.69, 9.17) is 17.5 Å². The third-order valence-corrected chi connectivity index (χ3v) is 6.56. The highest BCUT2D eigenvalue weighted by Crippen LogP contribution is 2.26. The van der Waals surface area contributed by atoms with Crippen LogP contribution in [0.15, 0.2) is 0 Å². The fourth-order valence-electron chi connectivity index (χ4n) is 0.859.